The molecule has 0 atom stereocenters. The lowest BCUT2D eigenvalue weighted by Crippen LogP contribution is -2.42. The topological polar surface area (TPSA) is 104 Å². The van der Waals surface area contributed by atoms with Gasteiger partial charge in [0.25, 0.3) is 0 Å². The predicted octanol–water partition coefficient (Wildman–Crippen LogP) is 3.01. The fourth-order valence-corrected chi connectivity index (χ4v) is 2.32. The van der Waals surface area contributed by atoms with E-state index in [4.69, 9.17) is 4.74 Å². The van der Waals surface area contributed by atoms with Gasteiger partial charge >= 0.3 is 6.09 Å². The molecular formula is C21H35N5O3. The summed E-state index contributed by atoms with van der Waals surface area (Å²) in [6.07, 6.45) is 0.908. The number of carbonyl (C=O) groups is 2. The van der Waals surface area contributed by atoms with Crippen LogP contribution in [0.25, 0.3) is 0 Å². The summed E-state index contributed by atoms with van der Waals surface area (Å²) in [6, 6.07) is 7.64. The van der Waals surface area contributed by atoms with Crippen molar-refractivity contribution in [3.8, 4) is 0 Å². The maximum Gasteiger partial charge on any atom is 0.407 e. The second kappa shape index (κ2) is 12.6. The molecule has 2 amide bonds. The zero-order valence-electron chi connectivity index (χ0n) is 18.2. The molecule has 0 aliphatic rings. The Morgan fingerprint density at radius 3 is 2.24 bits per heavy atom. The summed E-state index contributed by atoms with van der Waals surface area (Å²) >= 11 is 0. The van der Waals surface area contributed by atoms with Crippen molar-refractivity contribution in [3.05, 3.63) is 29.8 Å². The summed E-state index contributed by atoms with van der Waals surface area (Å²) in [5.41, 5.74) is 1.31. The lowest BCUT2D eigenvalue weighted by molar-refractivity contribution is -0.116. The van der Waals surface area contributed by atoms with E-state index in [-0.39, 0.29) is 5.91 Å². The third kappa shape index (κ3) is 11.6. The summed E-state index contributed by atoms with van der Waals surface area (Å²) in [6.45, 7) is 11.6. The van der Waals surface area contributed by atoms with Crippen molar-refractivity contribution >= 4 is 23.6 Å². The van der Waals surface area contributed by atoms with Gasteiger partial charge in [-0.1, -0.05) is 19.1 Å². The Bertz CT molecular complexity index is 666. The molecule has 4 N–H and O–H groups in total. The van der Waals surface area contributed by atoms with Crippen LogP contribution in [0.15, 0.2) is 29.3 Å². The molecule has 29 heavy (non-hydrogen) atoms. The van der Waals surface area contributed by atoms with E-state index >= 15 is 0 Å². The van der Waals surface area contributed by atoms with Gasteiger partial charge in [0.05, 0.1) is 6.54 Å². The smallest absolute Gasteiger partial charge is 0.407 e. The third-order valence-electron chi connectivity index (χ3n) is 3.56. The Morgan fingerprint density at radius 1 is 1.00 bits per heavy atom. The Labute approximate surface area is 173 Å². The summed E-state index contributed by atoms with van der Waals surface area (Å²) in [7, 11) is 0. The summed E-state index contributed by atoms with van der Waals surface area (Å²) < 4.78 is 5.19. The quantitative estimate of drug-likeness (QED) is 0.287. The maximum atomic E-state index is 11.6. The average molecular weight is 406 g/mol. The molecule has 0 saturated heterocycles. The molecule has 0 radical (unpaired) electrons. The largest absolute Gasteiger partial charge is 0.444 e. The fourth-order valence-electron chi connectivity index (χ4n) is 2.32. The summed E-state index contributed by atoms with van der Waals surface area (Å²) in [4.78, 5) is 27.8. The Kier molecular flexibility index (Phi) is 10.6. The number of alkyl carbamates (subject to hydrolysis) is 1. The standard InChI is InChI=1S/C21H35N5O3/c1-6-8-18(27)26-17-11-9-16(10-12-17)15-25-19(22-7-2)23-13-14-24-20(28)29-21(3,4)5/h9-12H,6-8,13-15H2,1-5H3,(H,24,28)(H,26,27)(H2,22,23,25). The van der Waals surface area contributed by atoms with Gasteiger partial charge in [-0.25, -0.2) is 9.79 Å². The number of ether oxygens (including phenoxy) is 1. The highest BCUT2D eigenvalue weighted by Crippen LogP contribution is 2.11. The van der Waals surface area contributed by atoms with Crippen LogP contribution in [0.4, 0.5) is 10.5 Å². The molecule has 1 aromatic carbocycles. The van der Waals surface area contributed by atoms with Crippen LogP contribution in [0.2, 0.25) is 0 Å². The van der Waals surface area contributed by atoms with Gasteiger partial charge in [0, 0.05) is 31.7 Å². The zero-order valence-corrected chi connectivity index (χ0v) is 18.2. The molecule has 1 rings (SSSR count). The minimum atomic E-state index is -0.512. The van der Waals surface area contributed by atoms with Crippen LogP contribution in [-0.4, -0.2) is 43.2 Å². The van der Waals surface area contributed by atoms with Crippen LogP contribution in [0, 0.1) is 0 Å². The van der Waals surface area contributed by atoms with Crippen molar-refractivity contribution in [2.24, 2.45) is 4.99 Å². The van der Waals surface area contributed by atoms with Crippen molar-refractivity contribution in [2.45, 2.75) is 59.6 Å². The van der Waals surface area contributed by atoms with Crippen LogP contribution < -0.4 is 21.3 Å². The van der Waals surface area contributed by atoms with E-state index in [1.54, 1.807) is 0 Å². The SMILES string of the molecule is CCCC(=O)Nc1ccc(CN=C(NCC)NCCNC(=O)OC(C)(C)C)cc1. The molecule has 0 aromatic heterocycles. The monoisotopic (exact) mass is 405 g/mol. The number of hydrogen-bond acceptors (Lipinski definition) is 4. The fraction of sp³-hybridized carbons (Fsp3) is 0.571. The lowest BCUT2D eigenvalue weighted by atomic mass is 10.2. The molecule has 0 saturated carbocycles. The second-order valence-corrected chi connectivity index (χ2v) is 7.55. The lowest BCUT2D eigenvalue weighted by Gasteiger charge is -2.19. The van der Waals surface area contributed by atoms with Crippen LogP contribution in [-0.2, 0) is 16.1 Å². The highest BCUT2D eigenvalue weighted by Gasteiger charge is 2.15. The van der Waals surface area contributed by atoms with Gasteiger partial charge in [-0.2, -0.15) is 0 Å². The molecule has 0 fully saturated rings. The number of nitrogens with one attached hydrogen (secondary N) is 4. The summed E-state index contributed by atoms with van der Waals surface area (Å²) in [5.74, 6) is 0.690. The Balaban J connectivity index is 2.46. The number of nitrogens with zero attached hydrogens (tertiary/aromatic N) is 1. The number of benzene rings is 1. The predicted molar refractivity (Wildman–Crippen MR) is 117 cm³/mol. The minimum Gasteiger partial charge on any atom is -0.444 e. The highest BCUT2D eigenvalue weighted by molar-refractivity contribution is 5.90. The van der Waals surface area contributed by atoms with E-state index in [0.717, 1.165) is 24.2 Å². The number of aliphatic imine (C=N–C) groups is 1. The maximum absolute atomic E-state index is 11.6. The van der Waals surface area contributed by atoms with Crippen molar-refractivity contribution < 1.29 is 14.3 Å². The van der Waals surface area contributed by atoms with Crippen molar-refractivity contribution in [2.75, 3.05) is 25.0 Å². The zero-order chi connectivity index (χ0) is 21.7. The first-order chi connectivity index (χ1) is 13.7. The van der Waals surface area contributed by atoms with Crippen LogP contribution in [0.1, 0.15) is 53.0 Å². The van der Waals surface area contributed by atoms with E-state index in [0.29, 0.717) is 32.0 Å². The normalized spacial score (nSPS) is 11.6. The minimum absolute atomic E-state index is 0.0249. The van der Waals surface area contributed by atoms with E-state index in [2.05, 4.69) is 26.3 Å². The second-order valence-electron chi connectivity index (χ2n) is 7.55. The number of anilines is 1. The Hall–Kier alpha value is -2.77. The molecule has 8 heteroatoms. The number of guanidine groups is 1. The van der Waals surface area contributed by atoms with E-state index < -0.39 is 11.7 Å². The molecule has 0 unspecified atom stereocenters. The molecule has 1 aromatic rings. The van der Waals surface area contributed by atoms with Crippen molar-refractivity contribution in [3.63, 3.8) is 0 Å². The number of carbonyl (C=O) groups excluding carboxylic acids is 2. The van der Waals surface area contributed by atoms with Gasteiger partial charge in [0.1, 0.15) is 5.60 Å². The van der Waals surface area contributed by atoms with E-state index in [9.17, 15) is 9.59 Å². The van der Waals surface area contributed by atoms with Gasteiger partial charge in [-0.05, 0) is 51.8 Å². The highest BCUT2D eigenvalue weighted by atomic mass is 16.6. The number of amides is 2. The number of hydrogen-bond donors (Lipinski definition) is 4. The molecule has 0 aliphatic carbocycles. The van der Waals surface area contributed by atoms with Gasteiger partial charge in [-0.15, -0.1) is 0 Å². The first-order valence-corrected chi connectivity index (χ1v) is 10.1. The van der Waals surface area contributed by atoms with Gasteiger partial charge in [-0.3, -0.25) is 4.79 Å². The first-order valence-electron chi connectivity index (χ1n) is 10.1. The van der Waals surface area contributed by atoms with E-state index in [1.165, 1.54) is 0 Å². The number of rotatable bonds is 9. The molecule has 0 spiro atoms. The van der Waals surface area contributed by atoms with E-state index in [1.807, 2.05) is 58.9 Å². The van der Waals surface area contributed by atoms with Crippen LogP contribution >= 0.6 is 0 Å². The van der Waals surface area contributed by atoms with Gasteiger partial charge in [0.15, 0.2) is 5.96 Å². The van der Waals surface area contributed by atoms with Crippen LogP contribution in [0.5, 0.6) is 0 Å². The summed E-state index contributed by atoms with van der Waals surface area (Å²) in [5, 5.41) is 11.9. The van der Waals surface area contributed by atoms with Gasteiger partial charge < -0.3 is 26.0 Å². The Morgan fingerprint density at radius 2 is 1.66 bits per heavy atom. The third-order valence-corrected chi connectivity index (χ3v) is 3.56. The first kappa shape index (κ1) is 24.3. The van der Waals surface area contributed by atoms with Gasteiger partial charge in [0.2, 0.25) is 5.91 Å². The van der Waals surface area contributed by atoms with Crippen molar-refractivity contribution in [1.82, 2.24) is 16.0 Å². The van der Waals surface area contributed by atoms with Crippen molar-refractivity contribution in [1.29, 1.82) is 0 Å². The molecular weight excluding hydrogens is 370 g/mol. The van der Waals surface area contributed by atoms with Crippen LogP contribution in [0.3, 0.4) is 0 Å². The average Bonchev–Trinajstić information content (AvgIpc) is 2.63. The molecule has 8 nitrogen and oxygen atoms in total. The molecule has 0 bridgehead atoms. The molecule has 0 heterocycles. The molecule has 0 aliphatic heterocycles. The molecule has 162 valence electrons.